The molecule has 1 aromatic heterocycles. The van der Waals surface area contributed by atoms with Crippen LogP contribution in [0.1, 0.15) is 52.5 Å². The van der Waals surface area contributed by atoms with E-state index in [1.54, 1.807) is 61.7 Å². The van der Waals surface area contributed by atoms with Crippen molar-refractivity contribution < 1.29 is 19.1 Å². The van der Waals surface area contributed by atoms with Crippen molar-refractivity contribution in [2.75, 3.05) is 17.7 Å². The molecular formula is C24H27N5O4S. The van der Waals surface area contributed by atoms with E-state index < -0.39 is 29.3 Å². The van der Waals surface area contributed by atoms with E-state index in [2.05, 4.69) is 9.69 Å². The molecule has 34 heavy (non-hydrogen) atoms. The van der Waals surface area contributed by atoms with E-state index >= 15 is 0 Å². The molecule has 0 bridgehead atoms. The SMILES string of the molecule is COc1ccc([C@H](C(=O)NC(C)(C)C)N(C(=O)c2snc(C(N)=O)c2N)c2ccccc2)cc1. The van der Waals surface area contributed by atoms with E-state index in [4.69, 9.17) is 16.2 Å². The van der Waals surface area contributed by atoms with Gasteiger partial charge in [0.15, 0.2) is 5.69 Å². The van der Waals surface area contributed by atoms with Gasteiger partial charge in [-0.25, -0.2) is 0 Å². The van der Waals surface area contributed by atoms with Crippen molar-refractivity contribution in [2.45, 2.75) is 32.4 Å². The van der Waals surface area contributed by atoms with Crippen molar-refractivity contribution in [2.24, 2.45) is 5.73 Å². The standard InChI is InChI=1S/C24H27N5O4S/c1-24(2,3)27-22(31)19(14-10-12-16(33-4)13-11-14)29(15-8-6-5-7-9-15)23(32)20-17(25)18(21(26)30)28-34-20/h5-13,19H,25H2,1-4H3,(H2,26,30)(H,27,31)/t19-/m1/s1. The summed E-state index contributed by atoms with van der Waals surface area (Å²) < 4.78 is 9.19. The number of ether oxygens (including phenoxy) is 1. The van der Waals surface area contributed by atoms with Crippen molar-refractivity contribution in [1.29, 1.82) is 0 Å². The zero-order valence-corrected chi connectivity index (χ0v) is 20.2. The number of carbonyl (C=O) groups is 3. The molecule has 0 fully saturated rings. The first kappa shape index (κ1) is 24.7. The third-order valence-corrected chi connectivity index (χ3v) is 5.70. The molecule has 1 heterocycles. The second kappa shape index (κ2) is 9.92. The van der Waals surface area contributed by atoms with Crippen molar-refractivity contribution in [3.05, 3.63) is 70.7 Å². The van der Waals surface area contributed by atoms with Crippen molar-refractivity contribution in [1.82, 2.24) is 9.69 Å². The number of rotatable bonds is 7. The highest BCUT2D eigenvalue weighted by Gasteiger charge is 2.37. The molecule has 3 aromatic rings. The zero-order chi connectivity index (χ0) is 25.0. The highest BCUT2D eigenvalue weighted by molar-refractivity contribution is 7.09. The number of methoxy groups -OCH3 is 1. The second-order valence-corrected chi connectivity index (χ2v) is 9.34. The number of nitrogens with zero attached hydrogens (tertiary/aromatic N) is 2. The number of para-hydroxylation sites is 1. The predicted molar refractivity (Wildman–Crippen MR) is 132 cm³/mol. The number of amides is 3. The summed E-state index contributed by atoms with van der Waals surface area (Å²) in [6, 6.07) is 14.6. The summed E-state index contributed by atoms with van der Waals surface area (Å²) >= 11 is 0.760. The molecule has 2 aromatic carbocycles. The molecule has 5 N–H and O–H groups in total. The molecule has 0 aliphatic carbocycles. The molecule has 0 unspecified atom stereocenters. The molecule has 9 nitrogen and oxygen atoms in total. The van der Waals surface area contributed by atoms with E-state index in [1.165, 1.54) is 4.90 Å². The molecule has 0 aliphatic heterocycles. The number of benzene rings is 2. The molecule has 0 saturated heterocycles. The van der Waals surface area contributed by atoms with Gasteiger partial charge in [-0.15, -0.1) is 0 Å². The molecule has 0 saturated carbocycles. The summed E-state index contributed by atoms with van der Waals surface area (Å²) in [6.07, 6.45) is 0. The first-order chi connectivity index (χ1) is 16.0. The Morgan fingerprint density at radius 3 is 2.18 bits per heavy atom. The monoisotopic (exact) mass is 481 g/mol. The minimum atomic E-state index is -1.06. The van der Waals surface area contributed by atoms with Crippen molar-refractivity contribution in [3.8, 4) is 5.75 Å². The van der Waals surface area contributed by atoms with E-state index in [-0.39, 0.29) is 16.3 Å². The smallest absolute Gasteiger partial charge is 0.273 e. The van der Waals surface area contributed by atoms with Gasteiger partial charge in [0.25, 0.3) is 11.8 Å². The summed E-state index contributed by atoms with van der Waals surface area (Å²) in [5.41, 5.74) is 11.6. The van der Waals surface area contributed by atoms with E-state index in [1.807, 2.05) is 20.8 Å². The fourth-order valence-electron chi connectivity index (χ4n) is 3.35. The average molecular weight is 482 g/mol. The third-order valence-electron chi connectivity index (χ3n) is 4.85. The topological polar surface area (TPSA) is 141 Å². The van der Waals surface area contributed by atoms with Gasteiger partial charge < -0.3 is 21.5 Å². The summed E-state index contributed by atoms with van der Waals surface area (Å²) in [5.74, 6) is -1.21. The molecule has 3 rings (SSSR count). The molecule has 3 amide bonds. The van der Waals surface area contributed by atoms with Gasteiger partial charge in [-0.1, -0.05) is 30.3 Å². The number of nitrogen functional groups attached to an aromatic ring is 1. The van der Waals surface area contributed by atoms with Gasteiger partial charge in [0, 0.05) is 11.2 Å². The van der Waals surface area contributed by atoms with Crippen LogP contribution < -0.4 is 26.4 Å². The fourth-order valence-corrected chi connectivity index (χ4v) is 4.09. The Hall–Kier alpha value is -3.92. The molecule has 0 aliphatic rings. The maximum absolute atomic E-state index is 13.9. The lowest BCUT2D eigenvalue weighted by Crippen LogP contribution is -2.49. The van der Waals surface area contributed by atoms with Crippen LogP contribution in [0.15, 0.2) is 54.6 Å². The Morgan fingerprint density at radius 1 is 1.06 bits per heavy atom. The normalized spacial score (nSPS) is 12.0. The number of anilines is 2. The molecule has 0 radical (unpaired) electrons. The Kier molecular flexibility index (Phi) is 7.21. The lowest BCUT2D eigenvalue weighted by molar-refractivity contribution is -0.123. The van der Waals surface area contributed by atoms with Gasteiger partial charge >= 0.3 is 0 Å². The van der Waals surface area contributed by atoms with E-state index in [0.717, 1.165) is 11.5 Å². The van der Waals surface area contributed by atoms with E-state index in [9.17, 15) is 14.4 Å². The van der Waals surface area contributed by atoms with Crippen LogP contribution in [-0.2, 0) is 4.79 Å². The number of aromatic nitrogens is 1. The molecule has 0 spiro atoms. The highest BCUT2D eigenvalue weighted by Crippen LogP contribution is 2.33. The largest absolute Gasteiger partial charge is 0.497 e. The van der Waals surface area contributed by atoms with Crippen LogP contribution in [0.3, 0.4) is 0 Å². The first-order valence-electron chi connectivity index (χ1n) is 10.4. The van der Waals surface area contributed by atoms with E-state index in [0.29, 0.717) is 17.0 Å². The quantitative estimate of drug-likeness (QED) is 0.473. The maximum Gasteiger partial charge on any atom is 0.273 e. The zero-order valence-electron chi connectivity index (χ0n) is 19.4. The third kappa shape index (κ3) is 5.34. The van der Waals surface area contributed by atoms with Crippen LogP contribution in [0.2, 0.25) is 0 Å². The van der Waals surface area contributed by atoms with Crippen LogP contribution in [0.5, 0.6) is 5.75 Å². The summed E-state index contributed by atoms with van der Waals surface area (Å²) in [4.78, 5) is 40.5. The molecule has 1 atom stereocenters. The van der Waals surface area contributed by atoms with Crippen LogP contribution in [-0.4, -0.2) is 34.7 Å². The van der Waals surface area contributed by atoms with Crippen LogP contribution >= 0.6 is 11.5 Å². The fraction of sp³-hybridized carbons (Fsp3) is 0.250. The lowest BCUT2D eigenvalue weighted by atomic mass is 10.00. The molecule has 178 valence electrons. The summed E-state index contributed by atoms with van der Waals surface area (Å²) in [6.45, 7) is 5.56. The summed E-state index contributed by atoms with van der Waals surface area (Å²) in [5, 5.41) is 2.96. The number of hydrogen-bond acceptors (Lipinski definition) is 7. The van der Waals surface area contributed by atoms with Crippen molar-refractivity contribution in [3.63, 3.8) is 0 Å². The Bertz CT molecular complexity index is 1190. The van der Waals surface area contributed by atoms with Gasteiger partial charge in [0.05, 0.1) is 12.8 Å². The Balaban J connectivity index is 2.20. The minimum absolute atomic E-state index is 0.0136. The van der Waals surface area contributed by atoms with Gasteiger partial charge in [0.1, 0.15) is 16.7 Å². The number of nitrogens with two attached hydrogens (primary N) is 2. The number of primary amides is 1. The van der Waals surface area contributed by atoms with Gasteiger partial charge in [0.2, 0.25) is 5.91 Å². The van der Waals surface area contributed by atoms with Gasteiger partial charge in [-0.2, -0.15) is 4.37 Å². The van der Waals surface area contributed by atoms with Crippen LogP contribution in [0.4, 0.5) is 11.4 Å². The number of carbonyl (C=O) groups excluding carboxylic acids is 3. The van der Waals surface area contributed by atoms with Gasteiger partial charge in [-0.05, 0) is 62.1 Å². The molecule has 10 heteroatoms. The van der Waals surface area contributed by atoms with Crippen LogP contribution in [0.25, 0.3) is 0 Å². The Morgan fingerprint density at radius 2 is 1.68 bits per heavy atom. The average Bonchev–Trinajstić information content (AvgIpc) is 3.18. The predicted octanol–water partition coefficient (Wildman–Crippen LogP) is 3.14. The number of nitrogens with one attached hydrogen (secondary N) is 1. The number of hydrogen-bond donors (Lipinski definition) is 3. The second-order valence-electron chi connectivity index (χ2n) is 8.56. The van der Waals surface area contributed by atoms with Crippen LogP contribution in [0, 0.1) is 0 Å². The minimum Gasteiger partial charge on any atom is -0.497 e. The van der Waals surface area contributed by atoms with Gasteiger partial charge in [-0.3, -0.25) is 19.3 Å². The Labute approximate surface area is 201 Å². The lowest BCUT2D eigenvalue weighted by Gasteiger charge is -2.33. The molecular weight excluding hydrogens is 454 g/mol. The van der Waals surface area contributed by atoms with Crippen molar-refractivity contribution >= 4 is 40.6 Å². The first-order valence-corrected chi connectivity index (χ1v) is 11.2. The highest BCUT2D eigenvalue weighted by atomic mass is 32.1. The summed E-state index contributed by atoms with van der Waals surface area (Å²) in [7, 11) is 1.54. The maximum atomic E-state index is 13.9.